The topological polar surface area (TPSA) is 80.2 Å². The van der Waals surface area contributed by atoms with Crippen molar-refractivity contribution in [3.05, 3.63) is 64.1 Å². The monoisotopic (exact) mass is 353 g/mol. The van der Waals surface area contributed by atoms with Gasteiger partial charge in [-0.1, -0.05) is 0 Å². The van der Waals surface area contributed by atoms with Gasteiger partial charge in [-0.15, -0.1) is 0 Å². The number of aromatic nitrogens is 1. The molecule has 0 unspecified atom stereocenters. The molecule has 2 aromatic rings. The zero-order valence-electron chi connectivity index (χ0n) is 13.1. The van der Waals surface area contributed by atoms with Gasteiger partial charge in [0.05, 0.1) is 0 Å². The zero-order chi connectivity index (χ0) is 18.6. The number of halogens is 3. The molecule has 1 heterocycles. The maximum absolute atomic E-state index is 12.7. The van der Waals surface area contributed by atoms with Crippen molar-refractivity contribution in [1.82, 2.24) is 9.88 Å². The third-order valence-corrected chi connectivity index (χ3v) is 3.30. The summed E-state index contributed by atoms with van der Waals surface area (Å²) in [6, 6.07) is 7.61. The van der Waals surface area contributed by atoms with Crippen LogP contribution in [0.3, 0.4) is 0 Å². The molecule has 2 rings (SSSR count). The van der Waals surface area contributed by atoms with E-state index in [0.29, 0.717) is 21.9 Å². The van der Waals surface area contributed by atoms with E-state index in [1.165, 1.54) is 31.3 Å². The van der Waals surface area contributed by atoms with Gasteiger partial charge in [-0.05, 0) is 36.4 Å². The maximum Gasteiger partial charge on any atom is 0.421 e. The van der Waals surface area contributed by atoms with Crippen molar-refractivity contribution in [2.24, 2.45) is 0 Å². The molecule has 1 aromatic carbocycles. The van der Waals surface area contributed by atoms with Gasteiger partial charge >= 0.3 is 6.18 Å². The summed E-state index contributed by atoms with van der Waals surface area (Å²) in [5.74, 6) is -0.970. The summed E-state index contributed by atoms with van der Waals surface area (Å²) in [5, 5.41) is 4.89. The molecule has 25 heavy (non-hydrogen) atoms. The smallest absolute Gasteiger partial charge is 0.355 e. The molecule has 0 saturated carbocycles. The molecule has 0 atom stereocenters. The lowest BCUT2D eigenvalue weighted by molar-refractivity contribution is -0.139. The van der Waals surface area contributed by atoms with Crippen molar-refractivity contribution in [3.63, 3.8) is 0 Å². The summed E-state index contributed by atoms with van der Waals surface area (Å²) in [5.41, 5.74) is -1.90. The highest BCUT2D eigenvalue weighted by atomic mass is 19.4. The summed E-state index contributed by atoms with van der Waals surface area (Å²) >= 11 is 0. The predicted molar refractivity (Wildman–Crippen MR) is 84.2 cm³/mol. The molecule has 0 aliphatic carbocycles. The lowest BCUT2D eigenvalue weighted by atomic mass is 10.2. The van der Waals surface area contributed by atoms with E-state index in [1.54, 1.807) is 0 Å². The van der Waals surface area contributed by atoms with E-state index in [2.05, 4.69) is 10.6 Å². The van der Waals surface area contributed by atoms with Crippen molar-refractivity contribution < 1.29 is 22.8 Å². The molecule has 0 fully saturated rings. The van der Waals surface area contributed by atoms with E-state index in [0.717, 1.165) is 12.3 Å². The highest BCUT2D eigenvalue weighted by Gasteiger charge is 2.34. The number of alkyl halides is 3. The Labute approximate surface area is 140 Å². The van der Waals surface area contributed by atoms with Crippen LogP contribution in [0.15, 0.2) is 47.4 Å². The van der Waals surface area contributed by atoms with Crippen LogP contribution in [-0.4, -0.2) is 23.4 Å². The normalized spacial score (nSPS) is 11.0. The van der Waals surface area contributed by atoms with Crippen molar-refractivity contribution in [3.8, 4) is 0 Å². The summed E-state index contributed by atoms with van der Waals surface area (Å²) in [6.07, 6.45) is -3.68. The Morgan fingerprint density at radius 2 is 1.76 bits per heavy atom. The first kappa shape index (κ1) is 18.2. The lowest BCUT2D eigenvalue weighted by Crippen LogP contribution is -2.31. The second-order valence-corrected chi connectivity index (χ2v) is 5.06. The number of amides is 2. The number of nitrogens with one attached hydrogen (secondary N) is 2. The quantitative estimate of drug-likeness (QED) is 0.881. The van der Waals surface area contributed by atoms with Gasteiger partial charge in [0.25, 0.3) is 11.5 Å². The first-order chi connectivity index (χ1) is 11.7. The molecule has 0 aliphatic heterocycles. The summed E-state index contributed by atoms with van der Waals surface area (Å²) in [6.45, 7) is -0.569. The average Bonchev–Trinajstić information content (AvgIpc) is 2.55. The van der Waals surface area contributed by atoms with E-state index in [4.69, 9.17) is 0 Å². The summed E-state index contributed by atoms with van der Waals surface area (Å²) < 4.78 is 38.8. The molecule has 6 nitrogen and oxygen atoms in total. The molecule has 0 saturated heterocycles. The molecule has 132 valence electrons. The van der Waals surface area contributed by atoms with Crippen LogP contribution < -0.4 is 16.2 Å². The Bertz CT molecular complexity index is 842. The van der Waals surface area contributed by atoms with Crippen molar-refractivity contribution >= 4 is 17.5 Å². The fourth-order valence-electron chi connectivity index (χ4n) is 2.08. The Hall–Kier alpha value is -3.10. The molecule has 0 bridgehead atoms. The van der Waals surface area contributed by atoms with Gasteiger partial charge < -0.3 is 15.2 Å². The van der Waals surface area contributed by atoms with Gasteiger partial charge in [-0.2, -0.15) is 13.2 Å². The van der Waals surface area contributed by atoms with Gasteiger partial charge in [0.1, 0.15) is 12.1 Å². The minimum absolute atomic E-state index is 0.298. The number of hydrogen-bond acceptors (Lipinski definition) is 3. The lowest BCUT2D eigenvalue weighted by Gasteiger charge is -2.11. The predicted octanol–water partition coefficient (Wildman–Crippen LogP) is 1.87. The number of nitrogens with zero attached hydrogens (tertiary/aromatic N) is 1. The van der Waals surface area contributed by atoms with Gasteiger partial charge in [0.2, 0.25) is 5.91 Å². The Morgan fingerprint density at radius 3 is 2.32 bits per heavy atom. The second-order valence-electron chi connectivity index (χ2n) is 5.06. The maximum atomic E-state index is 12.7. The third-order valence-electron chi connectivity index (χ3n) is 3.30. The van der Waals surface area contributed by atoms with Crippen molar-refractivity contribution in [2.75, 3.05) is 12.4 Å². The van der Waals surface area contributed by atoms with Crippen LogP contribution in [0.5, 0.6) is 0 Å². The fraction of sp³-hybridized carbons (Fsp3) is 0.188. The first-order valence-electron chi connectivity index (χ1n) is 7.11. The summed E-state index contributed by atoms with van der Waals surface area (Å²) in [7, 11) is 1.48. The molecule has 9 heteroatoms. The Kier molecular flexibility index (Phi) is 5.26. The number of hydrogen-bond donors (Lipinski definition) is 2. The van der Waals surface area contributed by atoms with Crippen LogP contribution in [0, 0.1) is 0 Å². The largest absolute Gasteiger partial charge is 0.421 e. The minimum Gasteiger partial charge on any atom is -0.355 e. The number of anilines is 1. The highest BCUT2D eigenvalue weighted by Crippen LogP contribution is 2.25. The van der Waals surface area contributed by atoms with Crippen LogP contribution in [0.2, 0.25) is 0 Å². The molecular formula is C16H14F3N3O3. The molecule has 2 amide bonds. The molecule has 2 N–H and O–H groups in total. The molecule has 0 radical (unpaired) electrons. The van der Waals surface area contributed by atoms with E-state index < -0.39 is 29.8 Å². The van der Waals surface area contributed by atoms with Crippen LogP contribution in [-0.2, 0) is 17.5 Å². The average molecular weight is 353 g/mol. The third kappa shape index (κ3) is 4.46. The van der Waals surface area contributed by atoms with Crippen LogP contribution >= 0.6 is 0 Å². The van der Waals surface area contributed by atoms with Crippen molar-refractivity contribution in [1.29, 1.82) is 0 Å². The molecule has 1 aromatic heterocycles. The van der Waals surface area contributed by atoms with Gasteiger partial charge in [-0.3, -0.25) is 14.4 Å². The number of carbonyl (C=O) groups is 2. The SMILES string of the molecule is CNC(=O)c1ccc(NC(=O)Cn2cccc(C(F)(F)F)c2=O)cc1. The van der Waals surface area contributed by atoms with Gasteiger partial charge in [0, 0.05) is 24.5 Å². The molecular weight excluding hydrogens is 339 g/mol. The van der Waals surface area contributed by atoms with E-state index in [9.17, 15) is 27.6 Å². The van der Waals surface area contributed by atoms with Gasteiger partial charge in [0.15, 0.2) is 0 Å². The number of carbonyl (C=O) groups excluding carboxylic acids is 2. The fourth-order valence-corrected chi connectivity index (χ4v) is 2.08. The van der Waals surface area contributed by atoms with E-state index >= 15 is 0 Å². The van der Waals surface area contributed by atoms with Crippen LogP contribution in [0.1, 0.15) is 15.9 Å². The Morgan fingerprint density at radius 1 is 1.12 bits per heavy atom. The minimum atomic E-state index is -4.79. The van der Waals surface area contributed by atoms with E-state index in [1.807, 2.05) is 0 Å². The molecule has 0 spiro atoms. The van der Waals surface area contributed by atoms with Crippen LogP contribution in [0.25, 0.3) is 0 Å². The highest BCUT2D eigenvalue weighted by molar-refractivity contribution is 5.95. The second kappa shape index (κ2) is 7.20. The molecule has 0 aliphatic rings. The standard InChI is InChI=1S/C16H14F3N3O3/c1-20-14(24)10-4-6-11(7-5-10)21-13(23)9-22-8-2-3-12(15(22)25)16(17,18)19/h2-8H,9H2,1H3,(H,20,24)(H,21,23). The Balaban J connectivity index is 2.11. The van der Waals surface area contributed by atoms with Crippen molar-refractivity contribution in [2.45, 2.75) is 12.7 Å². The number of rotatable bonds is 4. The summed E-state index contributed by atoms with van der Waals surface area (Å²) in [4.78, 5) is 35.1. The van der Waals surface area contributed by atoms with Crippen LogP contribution in [0.4, 0.5) is 18.9 Å². The first-order valence-corrected chi connectivity index (χ1v) is 7.11. The van der Waals surface area contributed by atoms with Gasteiger partial charge in [-0.25, -0.2) is 0 Å². The zero-order valence-corrected chi connectivity index (χ0v) is 13.1. The van der Waals surface area contributed by atoms with E-state index in [-0.39, 0.29) is 5.91 Å². The number of benzene rings is 1. The number of pyridine rings is 1.